The summed E-state index contributed by atoms with van der Waals surface area (Å²) < 4.78 is 11.0. The van der Waals surface area contributed by atoms with Gasteiger partial charge >= 0.3 is 0 Å². The van der Waals surface area contributed by atoms with Gasteiger partial charge in [0.15, 0.2) is 5.76 Å². The molecule has 25 heavy (non-hydrogen) atoms. The maximum Gasteiger partial charge on any atom is 0.289 e. The summed E-state index contributed by atoms with van der Waals surface area (Å²) in [5, 5.41) is 2.88. The fourth-order valence-electron chi connectivity index (χ4n) is 3.11. The second kappa shape index (κ2) is 7.42. The molecule has 2 amide bonds. The highest BCUT2D eigenvalue weighted by molar-refractivity contribution is 5.92. The van der Waals surface area contributed by atoms with Gasteiger partial charge in [-0.2, -0.15) is 0 Å². The SMILES string of the molecule is COc1cccc(-c2ccc(C(=O)N3CCC[C@H](NC(C)=O)C3)o2)c1. The Bertz CT molecular complexity index is 768. The molecule has 0 saturated carbocycles. The summed E-state index contributed by atoms with van der Waals surface area (Å²) in [4.78, 5) is 25.7. The van der Waals surface area contributed by atoms with Gasteiger partial charge in [0.05, 0.1) is 7.11 Å². The Morgan fingerprint density at radius 3 is 2.88 bits per heavy atom. The largest absolute Gasteiger partial charge is 0.497 e. The molecule has 6 heteroatoms. The minimum atomic E-state index is -0.149. The standard InChI is InChI=1S/C19H22N2O4/c1-13(22)20-15-6-4-10-21(12-15)19(23)18-9-8-17(25-18)14-5-3-7-16(11-14)24-2/h3,5,7-9,11,15H,4,6,10,12H2,1-2H3,(H,20,22)/t15-/m0/s1. The first kappa shape index (κ1) is 17.1. The van der Waals surface area contributed by atoms with Crippen LogP contribution in [0.25, 0.3) is 11.3 Å². The quantitative estimate of drug-likeness (QED) is 0.927. The number of rotatable bonds is 4. The monoisotopic (exact) mass is 342 g/mol. The van der Waals surface area contributed by atoms with E-state index in [2.05, 4.69) is 5.32 Å². The number of methoxy groups -OCH3 is 1. The van der Waals surface area contributed by atoms with E-state index >= 15 is 0 Å². The Labute approximate surface area is 146 Å². The van der Waals surface area contributed by atoms with Gasteiger partial charge in [0.1, 0.15) is 11.5 Å². The number of amides is 2. The number of ether oxygens (including phenoxy) is 1. The van der Waals surface area contributed by atoms with Crippen LogP contribution in [0.4, 0.5) is 0 Å². The van der Waals surface area contributed by atoms with Gasteiger partial charge in [-0.15, -0.1) is 0 Å². The highest BCUT2D eigenvalue weighted by Crippen LogP contribution is 2.26. The van der Waals surface area contributed by atoms with Crippen LogP contribution < -0.4 is 10.1 Å². The molecular weight excluding hydrogens is 320 g/mol. The maximum atomic E-state index is 12.7. The van der Waals surface area contributed by atoms with Gasteiger partial charge in [0, 0.05) is 31.6 Å². The molecule has 3 rings (SSSR count). The predicted molar refractivity (Wildman–Crippen MR) is 93.4 cm³/mol. The fourth-order valence-corrected chi connectivity index (χ4v) is 3.11. The van der Waals surface area contributed by atoms with Crippen LogP contribution in [0.3, 0.4) is 0 Å². The molecule has 6 nitrogen and oxygen atoms in total. The number of hydrogen-bond acceptors (Lipinski definition) is 4. The molecule has 1 fully saturated rings. The van der Waals surface area contributed by atoms with E-state index in [0.29, 0.717) is 24.6 Å². The summed E-state index contributed by atoms with van der Waals surface area (Å²) in [7, 11) is 1.61. The van der Waals surface area contributed by atoms with Crippen molar-refractivity contribution in [2.75, 3.05) is 20.2 Å². The molecule has 0 radical (unpaired) electrons. The van der Waals surface area contributed by atoms with E-state index in [0.717, 1.165) is 24.2 Å². The van der Waals surface area contributed by atoms with E-state index in [4.69, 9.17) is 9.15 Å². The van der Waals surface area contributed by atoms with E-state index in [1.54, 1.807) is 24.1 Å². The van der Waals surface area contributed by atoms with Crippen molar-refractivity contribution in [3.8, 4) is 17.1 Å². The first-order valence-electron chi connectivity index (χ1n) is 8.37. The Hall–Kier alpha value is -2.76. The fraction of sp³-hybridized carbons (Fsp3) is 0.368. The molecule has 0 unspecified atom stereocenters. The third kappa shape index (κ3) is 4.02. The summed E-state index contributed by atoms with van der Waals surface area (Å²) in [5.41, 5.74) is 0.855. The summed E-state index contributed by atoms with van der Waals surface area (Å²) >= 11 is 0. The lowest BCUT2D eigenvalue weighted by atomic mass is 10.1. The molecule has 1 saturated heterocycles. The van der Waals surface area contributed by atoms with Crippen LogP contribution in [0.5, 0.6) is 5.75 Å². The van der Waals surface area contributed by atoms with Crippen molar-refractivity contribution in [2.45, 2.75) is 25.8 Å². The number of nitrogens with one attached hydrogen (secondary N) is 1. The summed E-state index contributed by atoms with van der Waals surface area (Å²) in [5.74, 6) is 1.44. The smallest absolute Gasteiger partial charge is 0.289 e. The molecule has 1 atom stereocenters. The zero-order chi connectivity index (χ0) is 17.8. The van der Waals surface area contributed by atoms with Crippen LogP contribution in [0, 0.1) is 0 Å². The van der Waals surface area contributed by atoms with Gasteiger partial charge in [0.25, 0.3) is 5.91 Å². The van der Waals surface area contributed by atoms with Gasteiger partial charge in [0.2, 0.25) is 5.91 Å². The summed E-state index contributed by atoms with van der Waals surface area (Å²) in [6.45, 7) is 2.67. The van der Waals surface area contributed by atoms with E-state index in [1.807, 2.05) is 24.3 Å². The number of piperidine rings is 1. The topological polar surface area (TPSA) is 71.8 Å². The number of carbonyl (C=O) groups excluding carboxylic acids is 2. The Morgan fingerprint density at radius 1 is 1.28 bits per heavy atom. The van der Waals surface area contributed by atoms with Crippen LogP contribution in [0.15, 0.2) is 40.8 Å². The second-order valence-corrected chi connectivity index (χ2v) is 6.19. The Balaban J connectivity index is 1.73. The maximum absolute atomic E-state index is 12.7. The second-order valence-electron chi connectivity index (χ2n) is 6.19. The molecule has 2 aromatic rings. The van der Waals surface area contributed by atoms with E-state index in [9.17, 15) is 9.59 Å². The van der Waals surface area contributed by atoms with Crippen molar-refractivity contribution in [3.63, 3.8) is 0 Å². The number of furan rings is 1. The van der Waals surface area contributed by atoms with Gasteiger partial charge in [-0.05, 0) is 37.1 Å². The average molecular weight is 342 g/mol. The van der Waals surface area contributed by atoms with Crippen molar-refractivity contribution in [1.29, 1.82) is 0 Å². The van der Waals surface area contributed by atoms with Crippen molar-refractivity contribution in [3.05, 3.63) is 42.2 Å². The number of likely N-dealkylation sites (tertiary alicyclic amines) is 1. The van der Waals surface area contributed by atoms with Crippen molar-refractivity contribution in [1.82, 2.24) is 10.2 Å². The predicted octanol–water partition coefficient (Wildman–Crippen LogP) is 2.70. The van der Waals surface area contributed by atoms with E-state index in [-0.39, 0.29) is 17.9 Å². The van der Waals surface area contributed by atoms with Crippen molar-refractivity contribution >= 4 is 11.8 Å². The van der Waals surface area contributed by atoms with Crippen LogP contribution in [-0.4, -0.2) is 43.0 Å². The number of carbonyl (C=O) groups is 2. The summed E-state index contributed by atoms with van der Waals surface area (Å²) in [6, 6.07) is 11.0. The number of nitrogens with zero attached hydrogens (tertiary/aromatic N) is 1. The molecule has 1 aliphatic rings. The Morgan fingerprint density at radius 2 is 2.12 bits per heavy atom. The van der Waals surface area contributed by atoms with Crippen molar-refractivity contribution in [2.24, 2.45) is 0 Å². The molecular formula is C19H22N2O4. The molecule has 2 heterocycles. The molecule has 1 N–H and O–H groups in total. The third-order valence-corrected chi connectivity index (χ3v) is 4.29. The zero-order valence-electron chi connectivity index (χ0n) is 14.5. The van der Waals surface area contributed by atoms with E-state index in [1.165, 1.54) is 6.92 Å². The van der Waals surface area contributed by atoms with E-state index < -0.39 is 0 Å². The Kier molecular flexibility index (Phi) is 5.07. The van der Waals surface area contributed by atoms with Gasteiger partial charge in [-0.3, -0.25) is 9.59 Å². The molecule has 1 aliphatic heterocycles. The van der Waals surface area contributed by atoms with Gasteiger partial charge < -0.3 is 19.4 Å². The normalized spacial score (nSPS) is 17.2. The lowest BCUT2D eigenvalue weighted by molar-refractivity contribution is -0.120. The first-order chi connectivity index (χ1) is 12.1. The molecule has 132 valence electrons. The molecule has 0 aliphatic carbocycles. The zero-order valence-corrected chi connectivity index (χ0v) is 14.5. The minimum Gasteiger partial charge on any atom is -0.497 e. The minimum absolute atomic E-state index is 0.00279. The van der Waals surface area contributed by atoms with Crippen molar-refractivity contribution < 1.29 is 18.7 Å². The lowest BCUT2D eigenvalue weighted by Crippen LogP contribution is -2.49. The number of hydrogen-bond donors (Lipinski definition) is 1. The molecule has 0 bridgehead atoms. The third-order valence-electron chi connectivity index (χ3n) is 4.29. The number of benzene rings is 1. The average Bonchev–Trinajstić information content (AvgIpc) is 3.11. The van der Waals surface area contributed by atoms with Gasteiger partial charge in [-0.1, -0.05) is 12.1 Å². The molecule has 1 aromatic heterocycles. The molecule has 1 aromatic carbocycles. The lowest BCUT2D eigenvalue weighted by Gasteiger charge is -2.32. The molecule has 0 spiro atoms. The van der Waals surface area contributed by atoms with Crippen LogP contribution in [0.1, 0.15) is 30.3 Å². The van der Waals surface area contributed by atoms with Gasteiger partial charge in [-0.25, -0.2) is 0 Å². The van der Waals surface area contributed by atoms with Crippen LogP contribution >= 0.6 is 0 Å². The highest BCUT2D eigenvalue weighted by Gasteiger charge is 2.26. The first-order valence-corrected chi connectivity index (χ1v) is 8.37. The summed E-state index contributed by atoms with van der Waals surface area (Å²) in [6.07, 6.45) is 1.75. The van der Waals surface area contributed by atoms with Crippen LogP contribution in [-0.2, 0) is 4.79 Å². The highest BCUT2D eigenvalue weighted by atomic mass is 16.5. The van der Waals surface area contributed by atoms with Crippen LogP contribution in [0.2, 0.25) is 0 Å².